The topological polar surface area (TPSA) is 91.1 Å². The van der Waals surface area contributed by atoms with Crippen molar-refractivity contribution in [2.75, 3.05) is 50.8 Å². The molecule has 2 aliphatic rings. The van der Waals surface area contributed by atoms with Gasteiger partial charge in [-0.25, -0.2) is 4.98 Å². The fourth-order valence-electron chi connectivity index (χ4n) is 4.85. The van der Waals surface area contributed by atoms with E-state index >= 15 is 0 Å². The number of pyridine rings is 1. The number of furan rings is 1. The van der Waals surface area contributed by atoms with Gasteiger partial charge in [0, 0.05) is 37.3 Å². The highest BCUT2D eigenvalue weighted by atomic mass is 16.5. The minimum Gasteiger partial charge on any atom is -0.507 e. The predicted molar refractivity (Wildman–Crippen MR) is 134 cm³/mol. The van der Waals surface area contributed by atoms with Gasteiger partial charge in [0.05, 0.1) is 25.2 Å². The molecule has 0 radical (unpaired) electrons. The second-order valence-electron chi connectivity index (χ2n) is 9.04. The van der Waals surface area contributed by atoms with Gasteiger partial charge in [-0.1, -0.05) is 12.1 Å². The molecule has 2 aliphatic heterocycles. The van der Waals surface area contributed by atoms with Gasteiger partial charge in [-0.15, -0.1) is 0 Å². The Morgan fingerprint density at radius 1 is 1.11 bits per heavy atom. The molecule has 35 heavy (non-hydrogen) atoms. The molecule has 0 bridgehead atoms. The summed E-state index contributed by atoms with van der Waals surface area (Å²) in [6, 6.07) is 14.5. The van der Waals surface area contributed by atoms with Crippen molar-refractivity contribution in [3.05, 3.63) is 54.8 Å². The van der Waals surface area contributed by atoms with Gasteiger partial charge in [-0.3, -0.25) is 9.69 Å². The molecule has 0 unspecified atom stereocenters. The monoisotopic (exact) mass is 476 g/mol. The van der Waals surface area contributed by atoms with Crippen molar-refractivity contribution in [2.24, 2.45) is 0 Å². The van der Waals surface area contributed by atoms with Gasteiger partial charge in [-0.2, -0.15) is 0 Å². The third-order valence-corrected chi connectivity index (χ3v) is 6.70. The maximum atomic E-state index is 13.1. The van der Waals surface area contributed by atoms with E-state index < -0.39 is 0 Å². The zero-order valence-corrected chi connectivity index (χ0v) is 19.9. The third kappa shape index (κ3) is 5.49. The Kier molecular flexibility index (Phi) is 7.30. The number of morpholine rings is 1. The first-order valence-electron chi connectivity index (χ1n) is 12.4. The van der Waals surface area contributed by atoms with Crippen LogP contribution in [-0.4, -0.2) is 72.9 Å². The molecule has 2 N–H and O–H groups in total. The van der Waals surface area contributed by atoms with Crippen LogP contribution in [0.15, 0.2) is 59.2 Å². The molecule has 1 aromatic carbocycles. The van der Waals surface area contributed by atoms with E-state index in [1.807, 2.05) is 36.4 Å². The van der Waals surface area contributed by atoms with Gasteiger partial charge in [0.25, 0.3) is 0 Å². The average molecular weight is 477 g/mol. The fraction of sp³-hybridized carbons (Fsp3) is 0.407. The molecule has 0 aliphatic carbocycles. The summed E-state index contributed by atoms with van der Waals surface area (Å²) in [4.78, 5) is 22.5. The summed E-state index contributed by atoms with van der Waals surface area (Å²) in [5.41, 5.74) is 2.14. The Bertz CT molecular complexity index is 1130. The summed E-state index contributed by atoms with van der Waals surface area (Å²) >= 11 is 0. The van der Waals surface area contributed by atoms with Crippen molar-refractivity contribution in [1.82, 2.24) is 15.2 Å². The molecule has 1 amide bonds. The van der Waals surface area contributed by atoms with Crippen molar-refractivity contribution < 1.29 is 19.1 Å². The van der Waals surface area contributed by atoms with Crippen LogP contribution >= 0.6 is 0 Å². The van der Waals surface area contributed by atoms with E-state index in [1.165, 1.54) is 0 Å². The van der Waals surface area contributed by atoms with Crippen LogP contribution in [0, 0.1) is 0 Å². The van der Waals surface area contributed by atoms with Crippen LogP contribution in [0.1, 0.15) is 19.3 Å². The highest BCUT2D eigenvalue weighted by Crippen LogP contribution is 2.35. The van der Waals surface area contributed by atoms with Crippen LogP contribution in [0.2, 0.25) is 0 Å². The summed E-state index contributed by atoms with van der Waals surface area (Å²) in [5.74, 6) is 1.63. The number of aromatic nitrogens is 1. The zero-order valence-electron chi connectivity index (χ0n) is 19.9. The second-order valence-corrected chi connectivity index (χ2v) is 9.04. The number of rotatable bonds is 8. The van der Waals surface area contributed by atoms with Gasteiger partial charge in [0.15, 0.2) is 0 Å². The summed E-state index contributed by atoms with van der Waals surface area (Å²) < 4.78 is 11.0. The van der Waals surface area contributed by atoms with E-state index in [-0.39, 0.29) is 17.7 Å². The smallest absolute Gasteiger partial charge is 0.242 e. The molecule has 2 aromatic heterocycles. The molecular weight excluding hydrogens is 444 g/mol. The standard InChI is InChI=1S/C27H32N4O4/c32-24-8-2-1-6-21(24)22-18-20(25-9-4-15-35-25)19-26(29-22)31-12-3-7-23(31)27(33)28-10-5-11-30-13-16-34-17-14-30/h1-2,4,6,8-9,15,18-19,23,32H,3,5,7,10-14,16-17H2,(H,28,33)/t23-/m0/s1. The van der Waals surface area contributed by atoms with Crippen LogP contribution in [0.3, 0.4) is 0 Å². The van der Waals surface area contributed by atoms with E-state index in [0.717, 1.165) is 64.2 Å². The lowest BCUT2D eigenvalue weighted by Gasteiger charge is -2.27. The van der Waals surface area contributed by atoms with Crippen LogP contribution in [-0.2, 0) is 9.53 Å². The molecule has 8 heteroatoms. The fourth-order valence-corrected chi connectivity index (χ4v) is 4.85. The van der Waals surface area contributed by atoms with Gasteiger partial charge in [0.1, 0.15) is 23.4 Å². The predicted octanol–water partition coefficient (Wildman–Crippen LogP) is 3.52. The lowest BCUT2D eigenvalue weighted by molar-refractivity contribution is -0.122. The molecule has 5 rings (SSSR count). The normalized spacial score (nSPS) is 18.6. The molecule has 2 saturated heterocycles. The number of anilines is 1. The molecule has 0 spiro atoms. The van der Waals surface area contributed by atoms with Crippen molar-refractivity contribution in [3.8, 4) is 28.3 Å². The lowest BCUT2D eigenvalue weighted by Crippen LogP contribution is -2.44. The van der Waals surface area contributed by atoms with Crippen molar-refractivity contribution in [1.29, 1.82) is 0 Å². The Balaban J connectivity index is 1.33. The van der Waals surface area contributed by atoms with Crippen LogP contribution < -0.4 is 10.2 Å². The number of phenols is 1. The Labute approximate surface area is 205 Å². The number of benzene rings is 1. The number of carbonyl (C=O) groups is 1. The van der Waals surface area contributed by atoms with Gasteiger partial charge in [0.2, 0.25) is 5.91 Å². The van der Waals surface area contributed by atoms with E-state index in [1.54, 1.807) is 18.4 Å². The molecular formula is C27H32N4O4. The summed E-state index contributed by atoms with van der Waals surface area (Å²) in [6.45, 7) is 5.87. The molecule has 4 heterocycles. The second kappa shape index (κ2) is 10.9. The summed E-state index contributed by atoms with van der Waals surface area (Å²) in [7, 11) is 0. The lowest BCUT2D eigenvalue weighted by atomic mass is 10.1. The first kappa shape index (κ1) is 23.4. The number of para-hydroxylation sites is 1. The number of phenolic OH excluding ortho intramolecular Hbond substituents is 1. The minimum atomic E-state index is -0.269. The molecule has 8 nitrogen and oxygen atoms in total. The Hall–Kier alpha value is -3.36. The minimum absolute atomic E-state index is 0.0405. The maximum Gasteiger partial charge on any atom is 0.242 e. The highest BCUT2D eigenvalue weighted by molar-refractivity contribution is 5.86. The van der Waals surface area contributed by atoms with Crippen molar-refractivity contribution >= 4 is 11.7 Å². The van der Waals surface area contributed by atoms with Crippen molar-refractivity contribution in [2.45, 2.75) is 25.3 Å². The Morgan fingerprint density at radius 3 is 2.77 bits per heavy atom. The first-order chi connectivity index (χ1) is 17.2. The highest BCUT2D eigenvalue weighted by Gasteiger charge is 2.32. The van der Waals surface area contributed by atoms with Gasteiger partial charge >= 0.3 is 0 Å². The molecule has 0 saturated carbocycles. The first-order valence-corrected chi connectivity index (χ1v) is 12.4. The largest absolute Gasteiger partial charge is 0.507 e. The number of hydrogen-bond donors (Lipinski definition) is 2. The van der Waals surface area contributed by atoms with Gasteiger partial charge in [-0.05, 0) is 62.2 Å². The quantitative estimate of drug-likeness (QED) is 0.481. The van der Waals surface area contributed by atoms with E-state index in [4.69, 9.17) is 14.1 Å². The molecule has 1 atom stereocenters. The molecule has 184 valence electrons. The van der Waals surface area contributed by atoms with Crippen LogP contribution in [0.4, 0.5) is 5.82 Å². The summed E-state index contributed by atoms with van der Waals surface area (Å²) in [5, 5.41) is 13.6. The summed E-state index contributed by atoms with van der Waals surface area (Å²) in [6.07, 6.45) is 4.26. The average Bonchev–Trinajstić information content (AvgIpc) is 3.60. The third-order valence-electron chi connectivity index (χ3n) is 6.70. The van der Waals surface area contributed by atoms with Crippen LogP contribution in [0.25, 0.3) is 22.6 Å². The van der Waals surface area contributed by atoms with Crippen molar-refractivity contribution in [3.63, 3.8) is 0 Å². The van der Waals surface area contributed by atoms with E-state index in [0.29, 0.717) is 29.4 Å². The Morgan fingerprint density at radius 2 is 1.97 bits per heavy atom. The van der Waals surface area contributed by atoms with Crippen LogP contribution in [0.5, 0.6) is 5.75 Å². The number of hydrogen-bond acceptors (Lipinski definition) is 7. The maximum absolute atomic E-state index is 13.1. The SMILES string of the molecule is O=C(NCCCN1CCOCC1)[C@@H]1CCCN1c1cc(-c2ccco2)cc(-c2ccccc2O)n1. The number of amides is 1. The number of ether oxygens (including phenoxy) is 1. The zero-order chi connectivity index (χ0) is 24.0. The number of nitrogens with one attached hydrogen (secondary N) is 1. The van der Waals surface area contributed by atoms with E-state index in [9.17, 15) is 9.90 Å². The number of aromatic hydroxyl groups is 1. The van der Waals surface area contributed by atoms with Gasteiger partial charge < -0.3 is 24.5 Å². The number of nitrogens with zero attached hydrogens (tertiary/aromatic N) is 3. The molecule has 3 aromatic rings. The van der Waals surface area contributed by atoms with E-state index in [2.05, 4.69) is 15.1 Å². The number of carbonyl (C=O) groups excluding carboxylic acids is 1. The molecule has 2 fully saturated rings.